The summed E-state index contributed by atoms with van der Waals surface area (Å²) >= 11 is 0. The molecule has 2 N–H and O–H groups in total. The largest absolute Gasteiger partial charge is 0.320 e. The van der Waals surface area contributed by atoms with Crippen LogP contribution in [0.25, 0.3) is 0 Å². The van der Waals surface area contributed by atoms with Crippen molar-refractivity contribution in [3.8, 4) is 11.8 Å². The van der Waals surface area contributed by atoms with Gasteiger partial charge in [0.2, 0.25) is 11.8 Å². The van der Waals surface area contributed by atoms with Crippen LogP contribution in [-0.4, -0.2) is 18.4 Å². The van der Waals surface area contributed by atoms with Crippen molar-refractivity contribution in [2.75, 3.05) is 11.4 Å². The van der Waals surface area contributed by atoms with Crippen molar-refractivity contribution in [2.24, 2.45) is 5.73 Å². The summed E-state index contributed by atoms with van der Waals surface area (Å²) in [6.45, 7) is 0.187. The first-order valence-electron chi connectivity index (χ1n) is 5.47. The zero-order valence-corrected chi connectivity index (χ0v) is 9.57. The number of anilines is 1. The quantitative estimate of drug-likeness (QED) is 0.588. The highest BCUT2D eigenvalue weighted by molar-refractivity contribution is 6.19. The van der Waals surface area contributed by atoms with E-state index in [0.29, 0.717) is 5.56 Å². The van der Waals surface area contributed by atoms with Crippen LogP contribution in [0.1, 0.15) is 18.4 Å². The van der Waals surface area contributed by atoms with Crippen molar-refractivity contribution in [2.45, 2.75) is 12.8 Å². The Kier molecular flexibility index (Phi) is 3.40. The molecular weight excluding hydrogens is 235 g/mol. The molecule has 0 aliphatic carbocycles. The van der Waals surface area contributed by atoms with Gasteiger partial charge in [-0.05, 0) is 18.2 Å². The lowest BCUT2D eigenvalue weighted by atomic mass is 10.2. The van der Waals surface area contributed by atoms with Gasteiger partial charge in [0, 0.05) is 18.4 Å². The molecule has 0 bridgehead atoms. The molecule has 1 aliphatic heterocycles. The molecule has 1 aromatic rings. The lowest BCUT2D eigenvalue weighted by Gasteiger charge is -2.14. The number of hydrogen-bond donors (Lipinski definition) is 1. The van der Waals surface area contributed by atoms with Gasteiger partial charge in [-0.15, -0.1) is 0 Å². The van der Waals surface area contributed by atoms with E-state index in [1.165, 1.54) is 12.1 Å². The summed E-state index contributed by atoms with van der Waals surface area (Å²) in [5.41, 5.74) is 5.66. The fourth-order valence-corrected chi connectivity index (χ4v) is 1.76. The smallest absolute Gasteiger partial charge is 0.234 e. The molecule has 18 heavy (non-hydrogen) atoms. The van der Waals surface area contributed by atoms with E-state index in [0.717, 1.165) is 4.90 Å². The van der Waals surface area contributed by atoms with Gasteiger partial charge < -0.3 is 5.73 Å². The molecule has 0 radical (unpaired) electrons. The number of amides is 2. The number of carbonyl (C=O) groups excluding carboxylic acids is 2. The Balaban J connectivity index is 2.35. The second-order valence-electron chi connectivity index (χ2n) is 3.79. The predicted octanol–water partition coefficient (Wildman–Crippen LogP) is 0.789. The summed E-state index contributed by atoms with van der Waals surface area (Å²) in [5.74, 6) is 3.90. The molecule has 4 nitrogen and oxygen atoms in total. The van der Waals surface area contributed by atoms with Crippen LogP contribution in [0.15, 0.2) is 18.2 Å². The summed E-state index contributed by atoms with van der Waals surface area (Å²) in [6, 6.07) is 4.13. The SMILES string of the molecule is NCC#Cc1ccc(N2C(=O)CCC2=O)c(F)c1. The van der Waals surface area contributed by atoms with Crippen LogP contribution >= 0.6 is 0 Å². The summed E-state index contributed by atoms with van der Waals surface area (Å²) < 4.78 is 13.8. The van der Waals surface area contributed by atoms with Crippen molar-refractivity contribution >= 4 is 17.5 Å². The number of nitrogens with two attached hydrogens (primary N) is 1. The maximum absolute atomic E-state index is 13.8. The highest BCUT2D eigenvalue weighted by atomic mass is 19.1. The molecule has 1 fully saturated rings. The molecule has 0 aromatic heterocycles. The molecule has 0 atom stereocenters. The number of benzene rings is 1. The number of hydrogen-bond acceptors (Lipinski definition) is 3. The van der Waals surface area contributed by atoms with E-state index in [1.807, 2.05) is 0 Å². The molecule has 1 aromatic carbocycles. The van der Waals surface area contributed by atoms with Crippen LogP contribution in [0.3, 0.4) is 0 Å². The molecule has 92 valence electrons. The minimum absolute atomic E-state index is 0.0131. The van der Waals surface area contributed by atoms with Gasteiger partial charge in [0.05, 0.1) is 12.2 Å². The van der Waals surface area contributed by atoms with Gasteiger partial charge in [-0.2, -0.15) is 0 Å². The Morgan fingerprint density at radius 3 is 2.50 bits per heavy atom. The predicted molar refractivity (Wildman–Crippen MR) is 64.1 cm³/mol. The van der Waals surface area contributed by atoms with E-state index in [4.69, 9.17) is 5.73 Å². The summed E-state index contributed by atoms with van der Waals surface area (Å²) in [4.78, 5) is 23.9. The number of carbonyl (C=O) groups is 2. The van der Waals surface area contributed by atoms with Gasteiger partial charge in [-0.25, -0.2) is 9.29 Å². The zero-order valence-electron chi connectivity index (χ0n) is 9.57. The first-order chi connectivity index (χ1) is 8.63. The first-order valence-corrected chi connectivity index (χ1v) is 5.47. The van der Waals surface area contributed by atoms with Crippen molar-refractivity contribution in [1.82, 2.24) is 0 Å². The van der Waals surface area contributed by atoms with Crippen LogP contribution in [0, 0.1) is 17.7 Å². The highest BCUT2D eigenvalue weighted by Gasteiger charge is 2.31. The first kappa shape index (κ1) is 12.3. The van der Waals surface area contributed by atoms with E-state index >= 15 is 0 Å². The third kappa shape index (κ3) is 2.24. The molecular formula is C13H11FN2O2. The number of rotatable bonds is 1. The van der Waals surface area contributed by atoms with Gasteiger partial charge in [0.25, 0.3) is 0 Å². The van der Waals surface area contributed by atoms with E-state index in [-0.39, 0.29) is 36.9 Å². The van der Waals surface area contributed by atoms with E-state index in [2.05, 4.69) is 11.8 Å². The van der Waals surface area contributed by atoms with Crippen LogP contribution in [0.2, 0.25) is 0 Å². The maximum Gasteiger partial charge on any atom is 0.234 e. The lowest BCUT2D eigenvalue weighted by molar-refractivity contribution is -0.121. The molecule has 0 unspecified atom stereocenters. The summed E-state index contributed by atoms with van der Waals surface area (Å²) in [6.07, 6.45) is 0.264. The molecule has 1 heterocycles. The molecule has 0 saturated carbocycles. The standard InChI is InChI=1S/C13H11FN2O2/c14-10-8-9(2-1-7-15)3-4-11(10)16-12(17)5-6-13(16)18/h3-4,8H,5-7,15H2. The average molecular weight is 246 g/mol. The van der Waals surface area contributed by atoms with E-state index in [1.54, 1.807) is 6.07 Å². The molecule has 0 spiro atoms. The van der Waals surface area contributed by atoms with Crippen LogP contribution in [-0.2, 0) is 9.59 Å². The Labute approximate surface area is 104 Å². The lowest BCUT2D eigenvalue weighted by Crippen LogP contribution is -2.29. The Morgan fingerprint density at radius 2 is 1.94 bits per heavy atom. The fourth-order valence-electron chi connectivity index (χ4n) is 1.76. The van der Waals surface area contributed by atoms with Crippen molar-refractivity contribution in [1.29, 1.82) is 0 Å². The van der Waals surface area contributed by atoms with Crippen molar-refractivity contribution in [3.63, 3.8) is 0 Å². The average Bonchev–Trinajstić information content (AvgIpc) is 2.67. The fraction of sp³-hybridized carbons (Fsp3) is 0.231. The van der Waals surface area contributed by atoms with Crippen molar-refractivity contribution in [3.05, 3.63) is 29.6 Å². The Hall–Kier alpha value is -2.19. The van der Waals surface area contributed by atoms with Gasteiger partial charge in [0.1, 0.15) is 5.82 Å². The van der Waals surface area contributed by atoms with Gasteiger partial charge in [-0.1, -0.05) is 11.8 Å². The molecule has 2 amide bonds. The second kappa shape index (κ2) is 4.98. The molecule has 5 heteroatoms. The Bertz CT molecular complexity index is 556. The highest BCUT2D eigenvalue weighted by Crippen LogP contribution is 2.25. The summed E-state index contributed by atoms with van der Waals surface area (Å²) in [5, 5.41) is 0. The van der Waals surface area contributed by atoms with Gasteiger partial charge in [-0.3, -0.25) is 9.59 Å². The maximum atomic E-state index is 13.8. The molecule has 2 rings (SSSR count). The molecule has 1 saturated heterocycles. The van der Waals surface area contributed by atoms with Gasteiger partial charge >= 0.3 is 0 Å². The third-order valence-corrected chi connectivity index (χ3v) is 2.57. The number of nitrogens with zero attached hydrogens (tertiary/aromatic N) is 1. The minimum atomic E-state index is -0.637. The second-order valence-corrected chi connectivity index (χ2v) is 3.79. The van der Waals surface area contributed by atoms with Gasteiger partial charge in [0.15, 0.2) is 0 Å². The van der Waals surface area contributed by atoms with E-state index < -0.39 is 5.82 Å². The van der Waals surface area contributed by atoms with Crippen molar-refractivity contribution < 1.29 is 14.0 Å². The summed E-state index contributed by atoms with van der Waals surface area (Å²) in [7, 11) is 0. The number of imide groups is 1. The van der Waals surface area contributed by atoms with Crippen LogP contribution in [0.5, 0.6) is 0 Å². The molecule has 1 aliphatic rings. The topological polar surface area (TPSA) is 63.4 Å². The zero-order chi connectivity index (χ0) is 13.1. The van der Waals surface area contributed by atoms with Crippen LogP contribution in [0.4, 0.5) is 10.1 Å². The monoisotopic (exact) mass is 246 g/mol. The minimum Gasteiger partial charge on any atom is -0.320 e. The Morgan fingerprint density at radius 1 is 1.28 bits per heavy atom. The number of halogens is 1. The normalized spacial score (nSPS) is 14.7. The van der Waals surface area contributed by atoms with E-state index in [9.17, 15) is 14.0 Å². The third-order valence-electron chi connectivity index (χ3n) is 2.57. The van der Waals surface area contributed by atoms with Crippen LogP contribution < -0.4 is 10.6 Å².